The smallest absolute Gasteiger partial charge is 0.0761 e. The van der Waals surface area contributed by atoms with E-state index in [1.807, 2.05) is 23.9 Å². The zero-order valence-corrected chi connectivity index (χ0v) is 10.7. The predicted octanol–water partition coefficient (Wildman–Crippen LogP) is 2.68. The molecular weight excluding hydrogens is 218 g/mol. The Hall–Kier alpha value is -0.670. The van der Waals surface area contributed by atoms with Crippen molar-refractivity contribution in [2.75, 3.05) is 23.0 Å². The molecule has 0 bridgehead atoms. The highest BCUT2D eigenvalue weighted by Crippen LogP contribution is 2.25. The van der Waals surface area contributed by atoms with E-state index in [2.05, 4.69) is 24.0 Å². The van der Waals surface area contributed by atoms with Gasteiger partial charge in [-0.2, -0.15) is 11.8 Å². The number of hydrogen-bond acceptors (Lipinski definition) is 3. The lowest BCUT2D eigenvalue weighted by atomic mass is 10.1. The van der Waals surface area contributed by atoms with Gasteiger partial charge in [-0.05, 0) is 31.5 Å². The highest BCUT2D eigenvalue weighted by Gasteiger charge is 2.18. The summed E-state index contributed by atoms with van der Waals surface area (Å²) in [5, 5.41) is 9.46. The molecule has 2 nitrogen and oxygen atoms in total. The summed E-state index contributed by atoms with van der Waals surface area (Å²) in [6, 6.07) is 8.89. The molecule has 1 fully saturated rings. The molecule has 0 spiro atoms. The molecule has 3 heteroatoms. The monoisotopic (exact) mass is 237 g/mol. The Bertz CT molecular complexity index is 336. The van der Waals surface area contributed by atoms with Crippen LogP contribution in [0.1, 0.15) is 25.5 Å². The minimum absolute atomic E-state index is 0.372. The lowest BCUT2D eigenvalue weighted by Gasteiger charge is -2.35. The molecular formula is C13H19NOS. The van der Waals surface area contributed by atoms with Crippen molar-refractivity contribution >= 4 is 17.4 Å². The van der Waals surface area contributed by atoms with Crippen molar-refractivity contribution < 1.29 is 5.11 Å². The van der Waals surface area contributed by atoms with Crippen molar-refractivity contribution in [2.24, 2.45) is 0 Å². The van der Waals surface area contributed by atoms with Crippen molar-refractivity contribution in [3.8, 4) is 0 Å². The maximum Gasteiger partial charge on any atom is 0.0761 e. The molecule has 2 atom stereocenters. The Morgan fingerprint density at radius 3 is 2.62 bits per heavy atom. The van der Waals surface area contributed by atoms with Crippen molar-refractivity contribution in [1.82, 2.24) is 0 Å². The molecule has 1 aromatic rings. The van der Waals surface area contributed by atoms with Crippen LogP contribution < -0.4 is 4.90 Å². The lowest BCUT2D eigenvalue weighted by Crippen LogP contribution is -2.40. The summed E-state index contributed by atoms with van der Waals surface area (Å²) in [5.74, 6) is 2.42. The van der Waals surface area contributed by atoms with Crippen LogP contribution in [0.3, 0.4) is 0 Å². The molecule has 0 amide bonds. The van der Waals surface area contributed by atoms with E-state index in [4.69, 9.17) is 0 Å². The Balaban J connectivity index is 2.14. The average Bonchev–Trinajstić information content (AvgIpc) is 2.30. The van der Waals surface area contributed by atoms with Crippen LogP contribution in [0.25, 0.3) is 0 Å². The second-order valence-electron chi connectivity index (χ2n) is 4.38. The largest absolute Gasteiger partial charge is 0.389 e. The summed E-state index contributed by atoms with van der Waals surface area (Å²) in [4.78, 5) is 2.45. The van der Waals surface area contributed by atoms with Gasteiger partial charge >= 0.3 is 0 Å². The number of anilines is 1. The van der Waals surface area contributed by atoms with E-state index < -0.39 is 0 Å². The molecule has 1 saturated heterocycles. The van der Waals surface area contributed by atoms with E-state index >= 15 is 0 Å². The van der Waals surface area contributed by atoms with Gasteiger partial charge in [0, 0.05) is 29.8 Å². The molecule has 0 saturated carbocycles. The lowest BCUT2D eigenvalue weighted by molar-refractivity contribution is 0.199. The van der Waals surface area contributed by atoms with Gasteiger partial charge < -0.3 is 10.0 Å². The first-order valence-electron chi connectivity index (χ1n) is 5.81. The Labute approximate surface area is 102 Å². The fourth-order valence-electron chi connectivity index (χ4n) is 2.06. The molecule has 1 heterocycles. The van der Waals surface area contributed by atoms with Crippen LogP contribution >= 0.6 is 11.8 Å². The summed E-state index contributed by atoms with van der Waals surface area (Å²) < 4.78 is 0. The van der Waals surface area contributed by atoms with Crippen LogP contribution in [0.2, 0.25) is 0 Å². The van der Waals surface area contributed by atoms with Crippen molar-refractivity contribution in [3.05, 3.63) is 29.8 Å². The molecule has 2 rings (SSSR count). The van der Waals surface area contributed by atoms with E-state index in [9.17, 15) is 5.11 Å². The second-order valence-corrected chi connectivity index (χ2v) is 5.53. The van der Waals surface area contributed by atoms with E-state index in [1.165, 1.54) is 17.2 Å². The standard InChI is InChI=1S/C13H19NOS/c1-10-9-16-8-7-14(10)13-5-3-12(4-6-13)11(2)15/h3-6,10-11,15H,7-9H2,1-2H3/t10?,11-/m1/s1. The van der Waals surface area contributed by atoms with E-state index in [0.29, 0.717) is 6.04 Å². The first kappa shape index (κ1) is 11.8. The number of benzene rings is 1. The van der Waals surface area contributed by atoms with Gasteiger partial charge in [0.2, 0.25) is 0 Å². The molecule has 1 aliphatic heterocycles. The summed E-state index contributed by atoms with van der Waals surface area (Å²) in [6.45, 7) is 5.20. The summed E-state index contributed by atoms with van der Waals surface area (Å²) in [7, 11) is 0. The van der Waals surface area contributed by atoms with Crippen molar-refractivity contribution in [3.63, 3.8) is 0 Å². The van der Waals surface area contributed by atoms with E-state index in [-0.39, 0.29) is 6.10 Å². The number of nitrogens with zero attached hydrogens (tertiary/aromatic N) is 1. The Kier molecular flexibility index (Phi) is 3.77. The van der Waals surface area contributed by atoms with Gasteiger partial charge in [0.1, 0.15) is 0 Å². The SMILES string of the molecule is CC1CSCCN1c1ccc([C@@H](C)O)cc1. The number of thioether (sulfide) groups is 1. The van der Waals surface area contributed by atoms with E-state index in [0.717, 1.165) is 12.1 Å². The minimum Gasteiger partial charge on any atom is -0.389 e. The van der Waals surface area contributed by atoms with Crippen LogP contribution in [0.4, 0.5) is 5.69 Å². The van der Waals surface area contributed by atoms with Crippen LogP contribution in [0.15, 0.2) is 24.3 Å². The van der Waals surface area contributed by atoms with E-state index in [1.54, 1.807) is 6.92 Å². The van der Waals surface area contributed by atoms with Crippen molar-refractivity contribution in [1.29, 1.82) is 0 Å². The fourth-order valence-corrected chi connectivity index (χ4v) is 3.07. The third-order valence-corrected chi connectivity index (χ3v) is 4.26. The highest BCUT2D eigenvalue weighted by molar-refractivity contribution is 7.99. The maximum atomic E-state index is 9.46. The van der Waals surface area contributed by atoms with Gasteiger partial charge in [0.15, 0.2) is 0 Å². The van der Waals surface area contributed by atoms with Crippen LogP contribution in [-0.2, 0) is 0 Å². The third kappa shape index (κ3) is 2.53. The van der Waals surface area contributed by atoms with Crippen LogP contribution in [0, 0.1) is 0 Å². The van der Waals surface area contributed by atoms with Crippen molar-refractivity contribution in [2.45, 2.75) is 26.0 Å². The predicted molar refractivity (Wildman–Crippen MR) is 71.2 cm³/mol. The molecule has 1 aliphatic rings. The topological polar surface area (TPSA) is 23.5 Å². The maximum absolute atomic E-state index is 9.46. The third-order valence-electron chi connectivity index (χ3n) is 3.07. The molecule has 1 N–H and O–H groups in total. The number of aliphatic hydroxyl groups excluding tert-OH is 1. The normalized spacial score (nSPS) is 23.2. The zero-order valence-electron chi connectivity index (χ0n) is 9.89. The number of aliphatic hydroxyl groups is 1. The van der Waals surface area contributed by atoms with Gasteiger partial charge in [-0.1, -0.05) is 12.1 Å². The molecule has 0 aromatic heterocycles. The first-order valence-corrected chi connectivity index (χ1v) is 6.96. The molecule has 1 aromatic carbocycles. The number of rotatable bonds is 2. The minimum atomic E-state index is -0.372. The van der Waals surface area contributed by atoms with Gasteiger partial charge in [-0.25, -0.2) is 0 Å². The Morgan fingerprint density at radius 1 is 1.38 bits per heavy atom. The Morgan fingerprint density at radius 2 is 2.06 bits per heavy atom. The molecule has 1 unspecified atom stereocenters. The summed E-state index contributed by atoms with van der Waals surface area (Å²) >= 11 is 2.03. The van der Waals surface area contributed by atoms with Crippen LogP contribution in [0.5, 0.6) is 0 Å². The zero-order chi connectivity index (χ0) is 11.5. The average molecular weight is 237 g/mol. The molecule has 88 valence electrons. The van der Waals surface area contributed by atoms with Crippen LogP contribution in [-0.4, -0.2) is 29.2 Å². The molecule has 0 aliphatic carbocycles. The van der Waals surface area contributed by atoms with Gasteiger partial charge in [0.25, 0.3) is 0 Å². The summed E-state index contributed by atoms with van der Waals surface area (Å²) in [6.07, 6.45) is -0.372. The molecule has 0 radical (unpaired) electrons. The number of hydrogen-bond donors (Lipinski definition) is 1. The highest BCUT2D eigenvalue weighted by atomic mass is 32.2. The summed E-state index contributed by atoms with van der Waals surface area (Å²) in [5.41, 5.74) is 2.26. The quantitative estimate of drug-likeness (QED) is 0.855. The molecule has 16 heavy (non-hydrogen) atoms. The van der Waals surface area contributed by atoms with Gasteiger partial charge in [-0.15, -0.1) is 0 Å². The first-order chi connectivity index (χ1) is 7.68. The second kappa shape index (κ2) is 5.11. The van der Waals surface area contributed by atoms with Gasteiger partial charge in [0.05, 0.1) is 6.10 Å². The fraction of sp³-hybridized carbons (Fsp3) is 0.538. The van der Waals surface area contributed by atoms with Gasteiger partial charge in [-0.3, -0.25) is 0 Å².